The summed E-state index contributed by atoms with van der Waals surface area (Å²) in [7, 11) is 0. The van der Waals surface area contributed by atoms with Crippen molar-refractivity contribution in [2.75, 3.05) is 33.0 Å². The van der Waals surface area contributed by atoms with Crippen molar-refractivity contribution in [3.05, 3.63) is 0 Å². The maximum absolute atomic E-state index is 6.13. The molecule has 1 aliphatic rings. The van der Waals surface area contributed by atoms with E-state index in [9.17, 15) is 0 Å². The van der Waals surface area contributed by atoms with Crippen molar-refractivity contribution in [2.45, 2.75) is 72.3 Å². The summed E-state index contributed by atoms with van der Waals surface area (Å²) < 4.78 is 17.3. The van der Waals surface area contributed by atoms with Gasteiger partial charge in [0.1, 0.15) is 0 Å². The molecule has 0 heterocycles. The lowest BCUT2D eigenvalue weighted by Gasteiger charge is -2.37. The highest BCUT2D eigenvalue weighted by Crippen LogP contribution is 2.35. The summed E-state index contributed by atoms with van der Waals surface area (Å²) >= 11 is 0. The highest BCUT2D eigenvalue weighted by Gasteiger charge is 2.31. The molecule has 1 fully saturated rings. The Morgan fingerprint density at radius 1 is 0.909 bits per heavy atom. The van der Waals surface area contributed by atoms with Crippen molar-refractivity contribution in [3.63, 3.8) is 0 Å². The van der Waals surface area contributed by atoms with E-state index in [-0.39, 0.29) is 0 Å². The molecule has 0 bridgehead atoms. The van der Waals surface area contributed by atoms with Gasteiger partial charge in [0.05, 0.1) is 19.3 Å². The topological polar surface area (TPSA) is 27.7 Å². The Bertz CT molecular complexity index is 255. The Balaban J connectivity index is 2.00. The lowest BCUT2D eigenvalue weighted by molar-refractivity contribution is -0.0592. The molecule has 1 aliphatic carbocycles. The largest absolute Gasteiger partial charge is 0.381 e. The normalized spacial score (nSPS) is 25.8. The third-order valence-corrected chi connectivity index (χ3v) is 4.74. The second-order valence-corrected chi connectivity index (χ2v) is 7.17. The molecule has 132 valence electrons. The zero-order valence-electron chi connectivity index (χ0n) is 15.3. The third-order valence-electron chi connectivity index (χ3n) is 4.74. The summed E-state index contributed by atoms with van der Waals surface area (Å²) in [5.41, 5.74) is 0. The van der Waals surface area contributed by atoms with Crippen LogP contribution in [-0.2, 0) is 14.2 Å². The lowest BCUT2D eigenvalue weighted by Crippen LogP contribution is -2.35. The summed E-state index contributed by atoms with van der Waals surface area (Å²) in [6.45, 7) is 13.1. The fraction of sp³-hybridized carbons (Fsp3) is 1.00. The van der Waals surface area contributed by atoms with Crippen molar-refractivity contribution in [3.8, 4) is 0 Å². The average Bonchev–Trinajstić information content (AvgIpc) is 2.49. The van der Waals surface area contributed by atoms with Gasteiger partial charge in [0, 0.05) is 19.8 Å². The molecule has 1 rings (SSSR count). The summed E-state index contributed by atoms with van der Waals surface area (Å²) in [6, 6.07) is 0. The van der Waals surface area contributed by atoms with Crippen LogP contribution in [0.25, 0.3) is 0 Å². The molecule has 1 saturated carbocycles. The first-order valence-corrected chi connectivity index (χ1v) is 9.42. The Kier molecular flexibility index (Phi) is 11.2. The predicted octanol–water partition coefficient (Wildman–Crippen LogP) is 4.69. The van der Waals surface area contributed by atoms with E-state index in [0.717, 1.165) is 57.0 Å². The standard InChI is InChI=1S/C19H38O3/c1-5-6-10-20-11-7-12-21-13-14-22-19-15-17(4)8-9-18(19)16(2)3/h16-19H,5-15H2,1-4H3. The summed E-state index contributed by atoms with van der Waals surface area (Å²) in [4.78, 5) is 0. The van der Waals surface area contributed by atoms with Crippen LogP contribution in [0.3, 0.4) is 0 Å². The number of rotatable bonds is 12. The molecule has 0 aromatic rings. The van der Waals surface area contributed by atoms with Gasteiger partial charge in [-0.05, 0) is 43.4 Å². The quantitative estimate of drug-likeness (QED) is 0.489. The van der Waals surface area contributed by atoms with Crippen molar-refractivity contribution in [1.82, 2.24) is 0 Å². The first-order valence-electron chi connectivity index (χ1n) is 9.42. The molecule has 0 aliphatic heterocycles. The van der Waals surface area contributed by atoms with E-state index in [1.807, 2.05) is 0 Å². The molecule has 0 saturated heterocycles. The SMILES string of the molecule is CCCCOCCCOCCOC1CC(C)CCC1C(C)C. The molecule has 3 unspecified atom stereocenters. The van der Waals surface area contributed by atoms with Crippen LogP contribution in [0.4, 0.5) is 0 Å². The van der Waals surface area contributed by atoms with Crippen molar-refractivity contribution >= 4 is 0 Å². The highest BCUT2D eigenvalue weighted by atomic mass is 16.5. The van der Waals surface area contributed by atoms with E-state index < -0.39 is 0 Å². The molecule has 3 nitrogen and oxygen atoms in total. The van der Waals surface area contributed by atoms with Crippen molar-refractivity contribution in [2.24, 2.45) is 17.8 Å². The maximum atomic E-state index is 6.13. The lowest BCUT2D eigenvalue weighted by atomic mass is 9.75. The van der Waals surface area contributed by atoms with Gasteiger partial charge >= 0.3 is 0 Å². The minimum atomic E-state index is 0.435. The van der Waals surface area contributed by atoms with Crippen LogP contribution in [0, 0.1) is 17.8 Å². The smallest absolute Gasteiger partial charge is 0.0704 e. The van der Waals surface area contributed by atoms with Gasteiger partial charge in [-0.15, -0.1) is 0 Å². The zero-order valence-corrected chi connectivity index (χ0v) is 15.3. The van der Waals surface area contributed by atoms with Crippen LogP contribution in [0.1, 0.15) is 66.2 Å². The van der Waals surface area contributed by atoms with Gasteiger partial charge in [-0.25, -0.2) is 0 Å². The van der Waals surface area contributed by atoms with Gasteiger partial charge in [0.15, 0.2) is 0 Å². The molecular formula is C19H38O3. The minimum absolute atomic E-state index is 0.435. The molecule has 0 spiro atoms. The van der Waals surface area contributed by atoms with Gasteiger partial charge in [0.25, 0.3) is 0 Å². The van der Waals surface area contributed by atoms with Crippen LogP contribution in [0.2, 0.25) is 0 Å². The fourth-order valence-corrected chi connectivity index (χ4v) is 3.28. The predicted molar refractivity (Wildman–Crippen MR) is 92.2 cm³/mol. The van der Waals surface area contributed by atoms with Crippen LogP contribution in [0.5, 0.6) is 0 Å². The monoisotopic (exact) mass is 314 g/mol. The number of hydrogen-bond donors (Lipinski definition) is 0. The van der Waals surface area contributed by atoms with E-state index in [2.05, 4.69) is 27.7 Å². The second kappa shape index (κ2) is 12.3. The van der Waals surface area contributed by atoms with Crippen LogP contribution < -0.4 is 0 Å². The van der Waals surface area contributed by atoms with E-state index in [4.69, 9.17) is 14.2 Å². The van der Waals surface area contributed by atoms with Gasteiger partial charge in [-0.2, -0.15) is 0 Å². The molecule has 0 radical (unpaired) electrons. The highest BCUT2D eigenvalue weighted by molar-refractivity contribution is 4.81. The van der Waals surface area contributed by atoms with E-state index in [1.165, 1.54) is 25.7 Å². The van der Waals surface area contributed by atoms with Gasteiger partial charge in [-0.3, -0.25) is 0 Å². The van der Waals surface area contributed by atoms with Gasteiger partial charge < -0.3 is 14.2 Å². The van der Waals surface area contributed by atoms with Crippen LogP contribution >= 0.6 is 0 Å². The molecule has 3 heteroatoms. The Labute approximate surface area is 138 Å². The number of hydrogen-bond acceptors (Lipinski definition) is 3. The molecule has 0 amide bonds. The molecule has 0 aromatic heterocycles. The molecule has 3 atom stereocenters. The fourth-order valence-electron chi connectivity index (χ4n) is 3.28. The zero-order chi connectivity index (χ0) is 16.2. The number of ether oxygens (including phenoxy) is 3. The summed E-state index contributed by atoms with van der Waals surface area (Å²) in [5, 5.41) is 0. The van der Waals surface area contributed by atoms with Gasteiger partial charge in [0.2, 0.25) is 0 Å². The van der Waals surface area contributed by atoms with E-state index >= 15 is 0 Å². The van der Waals surface area contributed by atoms with Crippen molar-refractivity contribution in [1.29, 1.82) is 0 Å². The third kappa shape index (κ3) is 8.50. The molecule has 0 aromatic carbocycles. The van der Waals surface area contributed by atoms with Crippen LogP contribution in [-0.4, -0.2) is 39.1 Å². The average molecular weight is 315 g/mol. The number of unbranched alkanes of at least 4 members (excludes halogenated alkanes) is 1. The second-order valence-electron chi connectivity index (χ2n) is 7.17. The Morgan fingerprint density at radius 3 is 2.27 bits per heavy atom. The van der Waals surface area contributed by atoms with Crippen LogP contribution in [0.15, 0.2) is 0 Å². The first kappa shape index (κ1) is 19.9. The van der Waals surface area contributed by atoms with E-state index in [1.54, 1.807) is 0 Å². The molecule has 22 heavy (non-hydrogen) atoms. The summed E-state index contributed by atoms with van der Waals surface area (Å²) in [5.74, 6) is 2.25. The maximum Gasteiger partial charge on any atom is 0.0704 e. The Hall–Kier alpha value is -0.120. The summed E-state index contributed by atoms with van der Waals surface area (Å²) in [6.07, 6.45) is 7.67. The molecular weight excluding hydrogens is 276 g/mol. The Morgan fingerprint density at radius 2 is 1.59 bits per heavy atom. The van der Waals surface area contributed by atoms with Gasteiger partial charge in [-0.1, -0.05) is 40.5 Å². The van der Waals surface area contributed by atoms with E-state index in [0.29, 0.717) is 12.7 Å². The van der Waals surface area contributed by atoms with Crippen molar-refractivity contribution < 1.29 is 14.2 Å². The first-order chi connectivity index (χ1) is 10.6. The minimum Gasteiger partial charge on any atom is -0.381 e. The molecule has 0 N–H and O–H groups in total.